The first kappa shape index (κ1) is 22.8. The Morgan fingerprint density at radius 3 is 2.85 bits per heavy atom. The zero-order chi connectivity index (χ0) is 23.9. The van der Waals surface area contributed by atoms with Crippen LogP contribution in [0.2, 0.25) is 0 Å². The van der Waals surface area contributed by atoms with E-state index in [4.69, 9.17) is 4.18 Å². The van der Waals surface area contributed by atoms with Crippen LogP contribution in [0, 0.1) is 6.92 Å². The lowest BCUT2D eigenvalue weighted by Crippen LogP contribution is -2.28. The molecule has 1 aromatic carbocycles. The molecule has 1 saturated heterocycles. The first-order chi connectivity index (χ1) is 16.3. The number of carbonyl (C=O) groups excluding carboxylic acids is 2. The third-order valence-corrected chi connectivity index (χ3v) is 8.01. The van der Waals surface area contributed by atoms with E-state index in [1.165, 1.54) is 18.9 Å². The predicted octanol–water partition coefficient (Wildman–Crippen LogP) is 2.29. The molecule has 34 heavy (non-hydrogen) atoms. The lowest BCUT2D eigenvalue weighted by Gasteiger charge is -2.19. The van der Waals surface area contributed by atoms with Crippen LogP contribution in [-0.2, 0) is 25.5 Å². The van der Waals surface area contributed by atoms with E-state index in [1.807, 2.05) is 6.92 Å². The molecule has 9 nitrogen and oxygen atoms in total. The molecule has 0 radical (unpaired) electrons. The van der Waals surface area contributed by atoms with E-state index in [0.29, 0.717) is 46.7 Å². The fraction of sp³-hybridized carbons (Fsp3) is 0.417. The summed E-state index contributed by atoms with van der Waals surface area (Å²) in [5.74, 6) is -0.500. The van der Waals surface area contributed by atoms with Gasteiger partial charge in [-0.2, -0.15) is 8.42 Å². The third-order valence-electron chi connectivity index (χ3n) is 6.62. The number of nitrogens with zero attached hydrogens (tertiary/aromatic N) is 1. The average molecular weight is 485 g/mol. The zero-order valence-corrected chi connectivity index (χ0v) is 19.9. The number of carbonyl (C=O) groups is 2. The van der Waals surface area contributed by atoms with Crippen LogP contribution in [0.4, 0.5) is 5.69 Å². The van der Waals surface area contributed by atoms with Crippen molar-refractivity contribution in [2.75, 3.05) is 38.1 Å². The quantitative estimate of drug-likeness (QED) is 0.329. The van der Waals surface area contributed by atoms with Crippen molar-refractivity contribution in [3.8, 4) is 0 Å². The van der Waals surface area contributed by atoms with Crippen LogP contribution in [0.25, 0.3) is 11.6 Å². The SMILES string of the molecule is Cc1cc(C(=O)NCCCN2CCCC2)[nH]c1/C=C1\C(=O)Nc2ccc3c(c21)CCOS3(=O)=O. The number of amides is 2. The van der Waals surface area contributed by atoms with Gasteiger partial charge >= 0.3 is 0 Å². The Hall–Kier alpha value is -2.95. The van der Waals surface area contributed by atoms with Gasteiger partial charge in [-0.1, -0.05) is 0 Å². The van der Waals surface area contributed by atoms with Crippen LogP contribution in [0.1, 0.15) is 52.1 Å². The molecule has 1 fully saturated rings. The molecule has 0 atom stereocenters. The van der Waals surface area contributed by atoms with E-state index in [9.17, 15) is 18.0 Å². The number of benzene rings is 1. The molecule has 3 aliphatic heterocycles. The van der Waals surface area contributed by atoms with Gasteiger partial charge in [0.15, 0.2) is 0 Å². The summed E-state index contributed by atoms with van der Waals surface area (Å²) in [6.45, 7) is 5.76. The van der Waals surface area contributed by atoms with Gasteiger partial charge in [0.05, 0.1) is 17.1 Å². The van der Waals surface area contributed by atoms with Crippen molar-refractivity contribution >= 4 is 39.3 Å². The molecular weight excluding hydrogens is 456 g/mol. The van der Waals surface area contributed by atoms with Crippen molar-refractivity contribution in [3.63, 3.8) is 0 Å². The van der Waals surface area contributed by atoms with Gasteiger partial charge in [-0.3, -0.25) is 13.8 Å². The van der Waals surface area contributed by atoms with Gasteiger partial charge in [0.1, 0.15) is 5.69 Å². The number of fused-ring (bicyclic) bond motifs is 3. The molecule has 0 spiro atoms. The standard InChI is InChI=1S/C24H28N4O5S/c1-15-13-20(24(30)25-8-4-11-28-9-2-3-10-28)26-19(15)14-17-22-16-7-12-33-34(31,32)21(16)6-5-18(22)27-23(17)29/h5-6,13-14,26H,2-4,7-12H2,1H3,(H,25,30)(H,27,29)/b17-14-. The Morgan fingerprint density at radius 1 is 1.26 bits per heavy atom. The highest BCUT2D eigenvalue weighted by Crippen LogP contribution is 2.40. The van der Waals surface area contributed by atoms with Gasteiger partial charge in [0, 0.05) is 23.5 Å². The van der Waals surface area contributed by atoms with E-state index in [1.54, 1.807) is 18.2 Å². The van der Waals surface area contributed by atoms with Crippen LogP contribution < -0.4 is 10.6 Å². The molecule has 0 saturated carbocycles. The van der Waals surface area contributed by atoms with Crippen molar-refractivity contribution in [1.82, 2.24) is 15.2 Å². The second-order valence-electron chi connectivity index (χ2n) is 8.94. The number of rotatable bonds is 6. The molecule has 5 rings (SSSR count). The first-order valence-corrected chi connectivity index (χ1v) is 13.0. The van der Waals surface area contributed by atoms with E-state index in [2.05, 4.69) is 20.5 Å². The molecule has 3 aliphatic rings. The summed E-state index contributed by atoms with van der Waals surface area (Å²) in [6, 6.07) is 4.81. The summed E-state index contributed by atoms with van der Waals surface area (Å²) in [5, 5.41) is 5.77. The van der Waals surface area contributed by atoms with Crippen LogP contribution >= 0.6 is 0 Å². The average Bonchev–Trinajstić information content (AvgIpc) is 3.51. The van der Waals surface area contributed by atoms with Gasteiger partial charge in [-0.05, 0) is 87.6 Å². The smallest absolute Gasteiger partial charge is 0.297 e. The molecule has 2 aromatic rings. The maximum atomic E-state index is 12.8. The molecule has 3 N–H and O–H groups in total. The Balaban J connectivity index is 1.36. The molecular formula is C24H28N4O5S. The molecule has 1 aromatic heterocycles. The fourth-order valence-electron chi connectivity index (χ4n) is 4.88. The van der Waals surface area contributed by atoms with Crippen LogP contribution in [0.5, 0.6) is 0 Å². The van der Waals surface area contributed by atoms with Crippen LogP contribution in [0.15, 0.2) is 23.1 Å². The molecule has 0 aliphatic carbocycles. The number of aryl methyl sites for hydroxylation is 1. The monoisotopic (exact) mass is 484 g/mol. The maximum Gasteiger partial charge on any atom is 0.297 e. The second-order valence-corrected chi connectivity index (χ2v) is 10.5. The van der Waals surface area contributed by atoms with Crippen molar-refractivity contribution in [2.45, 2.75) is 37.5 Å². The fourth-order valence-corrected chi connectivity index (χ4v) is 6.05. The number of H-pyrrole nitrogens is 1. The van der Waals surface area contributed by atoms with E-state index in [-0.39, 0.29) is 23.3 Å². The Labute approximate surface area is 198 Å². The van der Waals surface area contributed by atoms with Gasteiger partial charge in [0.25, 0.3) is 21.9 Å². The summed E-state index contributed by atoms with van der Waals surface area (Å²) in [5.41, 5.74) is 3.98. The lowest BCUT2D eigenvalue weighted by molar-refractivity contribution is -0.110. The van der Waals surface area contributed by atoms with E-state index < -0.39 is 10.1 Å². The summed E-state index contributed by atoms with van der Waals surface area (Å²) in [6.07, 6.45) is 5.47. The van der Waals surface area contributed by atoms with Crippen LogP contribution in [-0.4, -0.2) is 62.9 Å². The molecule has 0 unspecified atom stereocenters. The largest absolute Gasteiger partial charge is 0.351 e. The molecule has 4 heterocycles. The van der Waals surface area contributed by atoms with Gasteiger partial charge < -0.3 is 20.5 Å². The summed E-state index contributed by atoms with van der Waals surface area (Å²) >= 11 is 0. The number of likely N-dealkylation sites (tertiary alicyclic amines) is 1. The topological polar surface area (TPSA) is 121 Å². The Morgan fingerprint density at radius 2 is 2.06 bits per heavy atom. The van der Waals surface area contributed by atoms with E-state index in [0.717, 1.165) is 31.6 Å². The van der Waals surface area contributed by atoms with E-state index >= 15 is 0 Å². The number of aromatic amines is 1. The van der Waals surface area contributed by atoms with Crippen molar-refractivity contribution in [1.29, 1.82) is 0 Å². The highest BCUT2D eigenvalue weighted by atomic mass is 32.2. The van der Waals surface area contributed by atoms with Crippen molar-refractivity contribution < 1.29 is 22.2 Å². The first-order valence-electron chi connectivity index (χ1n) is 11.6. The van der Waals surface area contributed by atoms with Crippen LogP contribution in [0.3, 0.4) is 0 Å². The minimum atomic E-state index is -3.84. The highest BCUT2D eigenvalue weighted by Gasteiger charge is 2.34. The van der Waals surface area contributed by atoms with Gasteiger partial charge in [0.2, 0.25) is 0 Å². The molecule has 10 heteroatoms. The summed E-state index contributed by atoms with van der Waals surface area (Å²) < 4.78 is 29.6. The minimum absolute atomic E-state index is 0.0386. The minimum Gasteiger partial charge on any atom is -0.351 e. The number of aromatic nitrogens is 1. The molecule has 180 valence electrons. The van der Waals surface area contributed by atoms with Crippen molar-refractivity contribution in [2.24, 2.45) is 0 Å². The summed E-state index contributed by atoms with van der Waals surface area (Å²) in [7, 11) is -3.84. The molecule has 2 amide bonds. The normalized spacial score (nSPS) is 20.3. The number of anilines is 1. The van der Waals surface area contributed by atoms with Gasteiger partial charge in [-0.15, -0.1) is 0 Å². The zero-order valence-electron chi connectivity index (χ0n) is 19.1. The maximum absolute atomic E-state index is 12.8. The Kier molecular flexibility index (Phi) is 6.05. The third kappa shape index (κ3) is 4.28. The van der Waals surface area contributed by atoms with Crippen molar-refractivity contribution in [3.05, 3.63) is 46.3 Å². The number of hydrogen-bond acceptors (Lipinski definition) is 6. The lowest BCUT2D eigenvalue weighted by atomic mass is 9.97. The predicted molar refractivity (Wildman–Crippen MR) is 128 cm³/mol. The highest BCUT2D eigenvalue weighted by molar-refractivity contribution is 7.86. The molecule has 0 bridgehead atoms. The number of hydrogen-bond donors (Lipinski definition) is 3. The second kappa shape index (κ2) is 9.01. The Bertz CT molecular complexity index is 1290. The van der Waals surface area contributed by atoms with Gasteiger partial charge in [-0.25, -0.2) is 0 Å². The number of nitrogens with one attached hydrogen (secondary N) is 3. The summed E-state index contributed by atoms with van der Waals surface area (Å²) in [4.78, 5) is 31.0.